The fourth-order valence-electron chi connectivity index (χ4n) is 1.50. The van der Waals surface area contributed by atoms with Crippen molar-refractivity contribution in [2.75, 3.05) is 20.7 Å². The number of amides is 2. The molecule has 0 fully saturated rings. The predicted octanol–water partition coefficient (Wildman–Crippen LogP) is 2.17. The molecule has 0 saturated carbocycles. The molecule has 0 aliphatic rings. The number of halogens is 1. The van der Waals surface area contributed by atoms with Crippen LogP contribution < -0.4 is 10.5 Å². The summed E-state index contributed by atoms with van der Waals surface area (Å²) < 4.78 is 11.6. The largest absolute Gasteiger partial charge is 0.487 e. The topological polar surface area (TPSA) is 81.9 Å². The number of carbonyl (C=O) groups excluding carboxylic acids is 2. The number of nitrogens with two attached hydrogens (primary N) is 1. The Hall–Kier alpha value is -1.77. The van der Waals surface area contributed by atoms with Crippen molar-refractivity contribution in [3.05, 3.63) is 40.0 Å². The number of likely N-dealkylation sites (N-methyl/N-ethyl adjacent to an activating group) is 1. The van der Waals surface area contributed by atoms with Crippen LogP contribution in [-0.2, 0) is 9.53 Å². The summed E-state index contributed by atoms with van der Waals surface area (Å²) in [4.78, 5) is 23.7. The molecular formula is C15H19IN2O4. The minimum absolute atomic E-state index is 0.0157. The maximum Gasteiger partial charge on any atom is 0.404 e. The van der Waals surface area contributed by atoms with Gasteiger partial charge < -0.3 is 20.1 Å². The average molecular weight is 418 g/mol. The van der Waals surface area contributed by atoms with Gasteiger partial charge in [0.15, 0.2) is 0 Å². The van der Waals surface area contributed by atoms with Gasteiger partial charge in [0.1, 0.15) is 18.5 Å². The van der Waals surface area contributed by atoms with Crippen LogP contribution in [-0.4, -0.2) is 43.7 Å². The Morgan fingerprint density at radius 1 is 1.32 bits per heavy atom. The lowest BCUT2D eigenvalue weighted by Gasteiger charge is -2.17. The minimum Gasteiger partial charge on any atom is -0.487 e. The highest BCUT2D eigenvalue weighted by Crippen LogP contribution is 2.16. The van der Waals surface area contributed by atoms with E-state index in [2.05, 4.69) is 22.6 Å². The summed E-state index contributed by atoms with van der Waals surface area (Å²) in [5, 5.41) is 0. The highest BCUT2D eigenvalue weighted by atomic mass is 127. The van der Waals surface area contributed by atoms with Gasteiger partial charge >= 0.3 is 6.09 Å². The zero-order valence-corrected chi connectivity index (χ0v) is 14.6. The lowest BCUT2D eigenvalue weighted by molar-refractivity contribution is -0.123. The van der Waals surface area contributed by atoms with Gasteiger partial charge in [0, 0.05) is 24.1 Å². The fraction of sp³-hybridized carbons (Fsp3) is 0.333. The molecule has 22 heavy (non-hydrogen) atoms. The van der Waals surface area contributed by atoms with Crippen LogP contribution in [0, 0.1) is 3.57 Å². The number of primary amides is 1. The molecule has 6 nitrogen and oxygen atoms in total. The maximum atomic E-state index is 11.5. The molecule has 0 heterocycles. The number of nitrogens with zero attached hydrogens (tertiary/aromatic N) is 1. The molecule has 2 amide bonds. The third kappa shape index (κ3) is 7.30. The van der Waals surface area contributed by atoms with E-state index in [1.807, 2.05) is 24.3 Å². The van der Waals surface area contributed by atoms with Gasteiger partial charge in [0.2, 0.25) is 5.91 Å². The quantitative estimate of drug-likeness (QED) is 0.544. The molecule has 0 spiro atoms. The molecular weight excluding hydrogens is 399 g/mol. The first-order valence-electron chi connectivity index (χ1n) is 6.60. The normalized spacial score (nSPS) is 12.0. The molecule has 0 aliphatic carbocycles. The lowest BCUT2D eigenvalue weighted by Crippen LogP contribution is -2.27. The van der Waals surface area contributed by atoms with Crippen LogP contribution in [0.4, 0.5) is 4.79 Å². The Balaban J connectivity index is 2.64. The van der Waals surface area contributed by atoms with Crippen molar-refractivity contribution in [1.82, 2.24) is 4.90 Å². The van der Waals surface area contributed by atoms with Crippen LogP contribution in [0.25, 0.3) is 0 Å². The van der Waals surface area contributed by atoms with Gasteiger partial charge in [-0.15, -0.1) is 0 Å². The highest BCUT2D eigenvalue weighted by molar-refractivity contribution is 14.1. The van der Waals surface area contributed by atoms with Crippen LogP contribution >= 0.6 is 22.6 Å². The van der Waals surface area contributed by atoms with Gasteiger partial charge in [-0.05, 0) is 52.9 Å². The summed E-state index contributed by atoms with van der Waals surface area (Å²) in [6.45, 7) is 0.0157. The van der Waals surface area contributed by atoms with E-state index in [0.717, 1.165) is 3.57 Å². The number of benzene rings is 1. The van der Waals surface area contributed by atoms with E-state index in [1.54, 1.807) is 20.2 Å². The molecule has 1 rings (SSSR count). The SMILES string of the molecule is CN(C)C(=O)/C=C/CC(COC(N)=O)Oc1ccc(I)cc1. The van der Waals surface area contributed by atoms with Crippen molar-refractivity contribution in [1.29, 1.82) is 0 Å². The minimum atomic E-state index is -0.857. The monoisotopic (exact) mass is 418 g/mol. The van der Waals surface area contributed by atoms with E-state index in [9.17, 15) is 9.59 Å². The summed E-state index contributed by atoms with van der Waals surface area (Å²) >= 11 is 2.20. The molecule has 0 bridgehead atoms. The van der Waals surface area contributed by atoms with E-state index in [4.69, 9.17) is 15.2 Å². The molecule has 1 aromatic rings. The highest BCUT2D eigenvalue weighted by Gasteiger charge is 2.12. The second-order valence-corrected chi connectivity index (χ2v) is 5.94. The Kier molecular flexibility index (Phi) is 7.72. The number of hydrogen-bond acceptors (Lipinski definition) is 4. The van der Waals surface area contributed by atoms with E-state index in [-0.39, 0.29) is 12.5 Å². The maximum absolute atomic E-state index is 11.5. The standard InChI is InChI=1S/C15H19IN2O4/c1-18(2)14(19)5-3-4-13(10-21-15(17)20)22-12-8-6-11(16)7-9-12/h3,5-9,13H,4,10H2,1-2H3,(H2,17,20)/b5-3+. The van der Waals surface area contributed by atoms with Crippen molar-refractivity contribution >= 4 is 34.6 Å². The Morgan fingerprint density at radius 3 is 2.50 bits per heavy atom. The van der Waals surface area contributed by atoms with Gasteiger partial charge in [0.25, 0.3) is 0 Å². The molecule has 0 aromatic heterocycles. The van der Waals surface area contributed by atoms with Crippen molar-refractivity contribution in [3.63, 3.8) is 0 Å². The number of carbonyl (C=O) groups is 2. The number of ether oxygens (including phenoxy) is 2. The van der Waals surface area contributed by atoms with Crippen LogP contribution in [0.5, 0.6) is 5.75 Å². The summed E-state index contributed by atoms with van der Waals surface area (Å²) in [6.07, 6.45) is 2.28. The summed E-state index contributed by atoms with van der Waals surface area (Å²) in [5.74, 6) is 0.537. The molecule has 0 aliphatic heterocycles. The Labute approximate surface area is 143 Å². The molecule has 1 unspecified atom stereocenters. The summed E-state index contributed by atoms with van der Waals surface area (Å²) in [7, 11) is 3.34. The second kappa shape index (κ2) is 9.29. The zero-order chi connectivity index (χ0) is 16.5. The van der Waals surface area contributed by atoms with Crippen molar-refractivity contribution in [3.8, 4) is 5.75 Å². The predicted molar refractivity (Wildman–Crippen MR) is 91.6 cm³/mol. The summed E-state index contributed by atoms with van der Waals surface area (Å²) in [6, 6.07) is 7.47. The van der Waals surface area contributed by atoms with Crippen molar-refractivity contribution in [2.24, 2.45) is 5.73 Å². The first-order chi connectivity index (χ1) is 10.4. The van der Waals surface area contributed by atoms with Gasteiger partial charge in [0.05, 0.1) is 0 Å². The zero-order valence-electron chi connectivity index (χ0n) is 12.5. The van der Waals surface area contributed by atoms with Crippen molar-refractivity contribution in [2.45, 2.75) is 12.5 Å². The molecule has 1 atom stereocenters. The van der Waals surface area contributed by atoms with Crippen LogP contribution in [0.2, 0.25) is 0 Å². The molecule has 0 saturated heterocycles. The third-order valence-corrected chi connectivity index (χ3v) is 3.35. The molecule has 120 valence electrons. The van der Waals surface area contributed by atoms with Crippen LogP contribution in [0.3, 0.4) is 0 Å². The van der Waals surface area contributed by atoms with E-state index >= 15 is 0 Å². The molecule has 7 heteroatoms. The molecule has 1 aromatic carbocycles. The first-order valence-corrected chi connectivity index (χ1v) is 7.68. The van der Waals surface area contributed by atoms with E-state index < -0.39 is 12.2 Å². The van der Waals surface area contributed by atoms with E-state index in [0.29, 0.717) is 12.2 Å². The first kappa shape index (κ1) is 18.3. The molecule has 0 radical (unpaired) electrons. The van der Waals surface area contributed by atoms with Crippen molar-refractivity contribution < 1.29 is 19.1 Å². The Bertz CT molecular complexity index is 529. The van der Waals surface area contributed by atoms with Gasteiger partial charge in [-0.25, -0.2) is 4.79 Å². The van der Waals surface area contributed by atoms with Crippen LogP contribution in [0.15, 0.2) is 36.4 Å². The third-order valence-electron chi connectivity index (χ3n) is 2.63. The smallest absolute Gasteiger partial charge is 0.404 e. The van der Waals surface area contributed by atoms with Crippen LogP contribution in [0.1, 0.15) is 6.42 Å². The number of hydrogen-bond donors (Lipinski definition) is 1. The van der Waals surface area contributed by atoms with Gasteiger partial charge in [-0.2, -0.15) is 0 Å². The average Bonchev–Trinajstić information content (AvgIpc) is 2.46. The summed E-state index contributed by atoms with van der Waals surface area (Å²) in [5.41, 5.74) is 4.97. The fourth-order valence-corrected chi connectivity index (χ4v) is 1.86. The second-order valence-electron chi connectivity index (χ2n) is 4.69. The number of rotatable bonds is 7. The molecule has 2 N–H and O–H groups in total. The Morgan fingerprint density at radius 2 is 1.95 bits per heavy atom. The lowest BCUT2D eigenvalue weighted by atomic mass is 10.2. The van der Waals surface area contributed by atoms with E-state index in [1.165, 1.54) is 11.0 Å². The van der Waals surface area contributed by atoms with Gasteiger partial charge in [-0.3, -0.25) is 4.79 Å². The van der Waals surface area contributed by atoms with Gasteiger partial charge in [-0.1, -0.05) is 6.08 Å².